The third-order valence-electron chi connectivity index (χ3n) is 2.27. The number of nitrogens with two attached hydrogens (primary N) is 1. The van der Waals surface area contributed by atoms with Gasteiger partial charge in [0.15, 0.2) is 11.6 Å². The highest BCUT2D eigenvalue weighted by molar-refractivity contribution is 9.10. The van der Waals surface area contributed by atoms with Crippen LogP contribution in [0.3, 0.4) is 0 Å². The predicted octanol–water partition coefficient (Wildman–Crippen LogP) is 3.97. The normalized spacial score (nSPS) is 11.6. The summed E-state index contributed by atoms with van der Waals surface area (Å²) in [5, 5.41) is 0.499. The molecule has 0 radical (unpaired) electrons. The Morgan fingerprint density at radius 3 is 2.61 bits per heavy atom. The number of ether oxygens (including phenoxy) is 1. The lowest BCUT2D eigenvalue weighted by Gasteiger charge is -2.12. The van der Waals surface area contributed by atoms with Crippen molar-refractivity contribution in [3.8, 4) is 10.9 Å². The van der Waals surface area contributed by atoms with Gasteiger partial charge in [-0.3, -0.25) is 0 Å². The van der Waals surface area contributed by atoms with Gasteiger partial charge in [-0.25, -0.2) is 0 Å². The Kier molecular flexibility index (Phi) is 3.59. The molecule has 0 spiro atoms. The first-order valence-corrected chi connectivity index (χ1v) is 7.00. The average molecular weight is 328 g/mol. The molecule has 2 aromatic rings. The number of nitrogen functional groups attached to an aromatic ring is 1. The van der Waals surface area contributed by atoms with E-state index in [1.165, 1.54) is 11.5 Å². The van der Waals surface area contributed by atoms with Crippen molar-refractivity contribution in [1.82, 2.24) is 9.36 Å². The highest BCUT2D eigenvalue weighted by Gasteiger charge is 2.20. The molecule has 0 aliphatic carbocycles. The first-order valence-electron chi connectivity index (χ1n) is 5.44. The Hall–Kier alpha value is -1.14. The van der Waals surface area contributed by atoms with Crippen LogP contribution >= 0.6 is 27.5 Å². The zero-order chi connectivity index (χ0) is 13.3. The predicted molar refractivity (Wildman–Crippen MR) is 77.2 cm³/mol. The monoisotopic (exact) mass is 327 g/mol. The molecule has 1 aromatic heterocycles. The number of hydrogen-bond donors (Lipinski definition) is 1. The van der Waals surface area contributed by atoms with E-state index in [4.69, 9.17) is 10.5 Å². The lowest BCUT2D eigenvalue weighted by atomic mass is 9.96. The summed E-state index contributed by atoms with van der Waals surface area (Å²) in [4.78, 5) is 4.37. The first-order chi connectivity index (χ1) is 8.38. The molecule has 1 heterocycles. The zero-order valence-electron chi connectivity index (χ0n) is 10.4. The van der Waals surface area contributed by atoms with Crippen LogP contribution in [-0.2, 0) is 5.41 Å². The Bertz CT molecular complexity index is 542. The molecule has 0 amide bonds. The number of hydrogen-bond acceptors (Lipinski definition) is 5. The van der Waals surface area contributed by atoms with Gasteiger partial charge in [0.1, 0.15) is 0 Å². The van der Waals surface area contributed by atoms with Crippen LogP contribution < -0.4 is 10.5 Å². The largest absolute Gasteiger partial charge is 0.426 e. The van der Waals surface area contributed by atoms with Gasteiger partial charge in [-0.2, -0.15) is 9.36 Å². The van der Waals surface area contributed by atoms with E-state index in [1.54, 1.807) is 6.07 Å². The van der Waals surface area contributed by atoms with Crippen LogP contribution in [0.4, 0.5) is 5.69 Å². The standard InChI is InChI=1S/C12H14BrN3OS/c1-12(2,3)10-15-11(18-16-10)17-9-7(13)5-4-6-8(9)14/h4-6H,14H2,1-3H3. The van der Waals surface area contributed by atoms with Crippen LogP contribution in [-0.4, -0.2) is 9.36 Å². The topological polar surface area (TPSA) is 61.0 Å². The van der Waals surface area contributed by atoms with E-state index in [0.717, 1.165) is 10.3 Å². The molecule has 0 saturated carbocycles. The zero-order valence-corrected chi connectivity index (χ0v) is 12.8. The smallest absolute Gasteiger partial charge is 0.298 e. The van der Waals surface area contributed by atoms with Gasteiger partial charge >= 0.3 is 0 Å². The summed E-state index contributed by atoms with van der Waals surface area (Å²) in [5.74, 6) is 1.35. The molecule has 0 unspecified atom stereocenters. The fourth-order valence-corrected chi connectivity index (χ4v) is 2.47. The maximum Gasteiger partial charge on any atom is 0.298 e. The van der Waals surface area contributed by atoms with Crippen molar-refractivity contribution in [3.05, 3.63) is 28.5 Å². The van der Waals surface area contributed by atoms with Crippen molar-refractivity contribution in [2.75, 3.05) is 5.73 Å². The quantitative estimate of drug-likeness (QED) is 0.847. The number of benzene rings is 1. The summed E-state index contributed by atoms with van der Waals surface area (Å²) in [6, 6.07) is 5.51. The van der Waals surface area contributed by atoms with Crippen LogP contribution in [0.5, 0.6) is 10.9 Å². The molecular weight excluding hydrogens is 314 g/mol. The Balaban J connectivity index is 2.27. The van der Waals surface area contributed by atoms with Crippen LogP contribution in [0.25, 0.3) is 0 Å². The Labute approximate surface area is 118 Å². The van der Waals surface area contributed by atoms with Crippen molar-refractivity contribution in [2.45, 2.75) is 26.2 Å². The van der Waals surface area contributed by atoms with Gasteiger partial charge in [0.05, 0.1) is 10.2 Å². The van der Waals surface area contributed by atoms with E-state index in [0.29, 0.717) is 16.6 Å². The number of para-hydroxylation sites is 1. The Morgan fingerprint density at radius 1 is 1.33 bits per heavy atom. The minimum atomic E-state index is -0.0857. The van der Waals surface area contributed by atoms with Gasteiger partial charge in [-0.1, -0.05) is 26.8 Å². The second kappa shape index (κ2) is 4.85. The number of anilines is 1. The molecule has 2 rings (SSSR count). The highest BCUT2D eigenvalue weighted by atomic mass is 79.9. The fourth-order valence-electron chi connectivity index (χ4n) is 1.28. The lowest BCUT2D eigenvalue weighted by Crippen LogP contribution is -2.12. The van der Waals surface area contributed by atoms with Crippen molar-refractivity contribution in [2.24, 2.45) is 0 Å². The van der Waals surface area contributed by atoms with Crippen LogP contribution in [0.2, 0.25) is 0 Å². The van der Waals surface area contributed by atoms with Crippen molar-refractivity contribution in [3.63, 3.8) is 0 Å². The van der Waals surface area contributed by atoms with E-state index in [2.05, 4.69) is 46.1 Å². The highest BCUT2D eigenvalue weighted by Crippen LogP contribution is 2.36. The molecule has 0 aliphatic rings. The number of halogens is 1. The molecule has 18 heavy (non-hydrogen) atoms. The molecule has 1 aromatic carbocycles. The second-order valence-corrected chi connectivity index (χ2v) is 6.46. The molecule has 96 valence electrons. The third-order valence-corrected chi connectivity index (χ3v) is 3.48. The Morgan fingerprint density at radius 2 is 2.06 bits per heavy atom. The lowest BCUT2D eigenvalue weighted by molar-refractivity contribution is 0.467. The van der Waals surface area contributed by atoms with Crippen molar-refractivity contribution < 1.29 is 4.74 Å². The van der Waals surface area contributed by atoms with Crippen LogP contribution in [0.1, 0.15) is 26.6 Å². The van der Waals surface area contributed by atoms with Crippen LogP contribution in [0.15, 0.2) is 22.7 Å². The van der Waals surface area contributed by atoms with E-state index >= 15 is 0 Å². The maximum atomic E-state index is 5.86. The second-order valence-electron chi connectivity index (χ2n) is 4.89. The van der Waals surface area contributed by atoms with Gasteiger partial charge in [-0.05, 0) is 28.1 Å². The maximum absolute atomic E-state index is 5.86. The summed E-state index contributed by atoms with van der Waals surface area (Å²) in [6.45, 7) is 6.18. The minimum Gasteiger partial charge on any atom is -0.426 e. The van der Waals surface area contributed by atoms with Gasteiger partial charge in [0, 0.05) is 16.9 Å². The van der Waals surface area contributed by atoms with E-state index in [1.807, 2.05) is 12.1 Å². The van der Waals surface area contributed by atoms with Crippen molar-refractivity contribution in [1.29, 1.82) is 0 Å². The summed E-state index contributed by atoms with van der Waals surface area (Å²) < 4.78 is 10.8. The van der Waals surface area contributed by atoms with Gasteiger partial charge < -0.3 is 10.5 Å². The SMILES string of the molecule is CC(C)(C)c1nsc(Oc2c(N)cccc2Br)n1. The van der Waals surface area contributed by atoms with Gasteiger partial charge in [-0.15, -0.1) is 0 Å². The molecule has 2 N–H and O–H groups in total. The first kappa shape index (κ1) is 13.3. The number of rotatable bonds is 2. The molecule has 0 bridgehead atoms. The molecular formula is C12H14BrN3OS. The average Bonchev–Trinajstić information content (AvgIpc) is 2.72. The summed E-state index contributed by atoms with van der Waals surface area (Å²) in [6.07, 6.45) is 0. The third kappa shape index (κ3) is 2.81. The van der Waals surface area contributed by atoms with Gasteiger partial charge in [0.2, 0.25) is 0 Å². The van der Waals surface area contributed by atoms with Crippen LogP contribution in [0, 0.1) is 0 Å². The summed E-state index contributed by atoms with van der Waals surface area (Å²) in [7, 11) is 0. The fraction of sp³-hybridized carbons (Fsp3) is 0.333. The minimum absolute atomic E-state index is 0.0857. The van der Waals surface area contributed by atoms with E-state index in [-0.39, 0.29) is 5.41 Å². The molecule has 0 saturated heterocycles. The number of nitrogens with zero attached hydrogens (tertiary/aromatic N) is 2. The molecule has 0 aliphatic heterocycles. The molecule has 6 heteroatoms. The van der Waals surface area contributed by atoms with Gasteiger partial charge in [0.25, 0.3) is 5.19 Å². The summed E-state index contributed by atoms with van der Waals surface area (Å²) in [5.41, 5.74) is 6.34. The van der Waals surface area contributed by atoms with E-state index in [9.17, 15) is 0 Å². The molecule has 0 fully saturated rings. The summed E-state index contributed by atoms with van der Waals surface area (Å²) >= 11 is 4.63. The molecule has 4 nitrogen and oxygen atoms in total. The van der Waals surface area contributed by atoms with E-state index < -0.39 is 0 Å². The number of aromatic nitrogens is 2. The molecule has 0 atom stereocenters. The van der Waals surface area contributed by atoms with Crippen molar-refractivity contribution >= 4 is 33.1 Å².